The van der Waals surface area contributed by atoms with Crippen LogP contribution in [-0.2, 0) is 16.0 Å². The fourth-order valence-corrected chi connectivity index (χ4v) is 4.56. The molecule has 2 aromatic carbocycles. The van der Waals surface area contributed by atoms with Crippen LogP contribution in [0.1, 0.15) is 24.8 Å². The Labute approximate surface area is 169 Å². The van der Waals surface area contributed by atoms with Crippen molar-refractivity contribution in [2.75, 3.05) is 25.2 Å². The standard InChI is InChI=1S/C23H24N2O4/c26-21(13-16-6-7-19-20(12-16)29-15-28-19)25-10-8-23(9-11-25)14-18(23)22(27)24-17-4-2-1-3-5-17/h1-7,12,18H,8-11,13-15H2,(H,24,27)/t18-/m0/s1. The molecule has 1 aliphatic carbocycles. The average Bonchev–Trinajstić information content (AvgIpc) is 3.23. The van der Waals surface area contributed by atoms with Crippen LogP contribution in [0.25, 0.3) is 0 Å². The number of nitrogens with one attached hydrogen (secondary N) is 1. The van der Waals surface area contributed by atoms with E-state index in [0.717, 1.165) is 49.4 Å². The molecule has 2 amide bonds. The van der Waals surface area contributed by atoms with Crippen molar-refractivity contribution in [2.45, 2.75) is 25.7 Å². The summed E-state index contributed by atoms with van der Waals surface area (Å²) in [6, 6.07) is 15.2. The molecule has 1 saturated carbocycles. The van der Waals surface area contributed by atoms with Crippen LogP contribution in [-0.4, -0.2) is 36.6 Å². The summed E-state index contributed by atoms with van der Waals surface area (Å²) in [6.07, 6.45) is 3.08. The molecule has 2 fully saturated rings. The molecule has 6 heteroatoms. The number of para-hydroxylation sites is 1. The minimum Gasteiger partial charge on any atom is -0.454 e. The predicted octanol–water partition coefficient (Wildman–Crippen LogP) is 3.23. The van der Waals surface area contributed by atoms with Crippen molar-refractivity contribution in [2.24, 2.45) is 11.3 Å². The van der Waals surface area contributed by atoms with E-state index in [1.165, 1.54) is 0 Å². The fraction of sp³-hybridized carbons (Fsp3) is 0.391. The highest BCUT2D eigenvalue weighted by Gasteiger charge is 2.58. The van der Waals surface area contributed by atoms with Crippen molar-refractivity contribution in [3.63, 3.8) is 0 Å². The third kappa shape index (κ3) is 3.55. The number of carbonyl (C=O) groups excluding carboxylic acids is 2. The first-order valence-electron chi connectivity index (χ1n) is 10.2. The molecule has 2 aromatic rings. The van der Waals surface area contributed by atoms with Gasteiger partial charge in [0.15, 0.2) is 11.5 Å². The third-order valence-electron chi connectivity index (χ3n) is 6.45. The molecule has 3 aliphatic rings. The predicted molar refractivity (Wildman–Crippen MR) is 108 cm³/mol. The summed E-state index contributed by atoms with van der Waals surface area (Å²) >= 11 is 0. The molecule has 29 heavy (non-hydrogen) atoms. The minimum absolute atomic E-state index is 0.0637. The zero-order chi connectivity index (χ0) is 19.8. The number of hydrogen-bond acceptors (Lipinski definition) is 4. The van der Waals surface area contributed by atoms with E-state index < -0.39 is 0 Å². The van der Waals surface area contributed by atoms with Crippen molar-refractivity contribution >= 4 is 17.5 Å². The van der Waals surface area contributed by atoms with E-state index in [1.54, 1.807) is 0 Å². The van der Waals surface area contributed by atoms with Crippen molar-refractivity contribution in [1.82, 2.24) is 4.90 Å². The maximum absolute atomic E-state index is 12.7. The van der Waals surface area contributed by atoms with Crippen LogP contribution in [0.15, 0.2) is 48.5 Å². The van der Waals surface area contributed by atoms with Crippen LogP contribution < -0.4 is 14.8 Å². The number of nitrogens with zero attached hydrogens (tertiary/aromatic N) is 1. The second-order valence-corrected chi connectivity index (χ2v) is 8.22. The summed E-state index contributed by atoms with van der Waals surface area (Å²) in [5.74, 6) is 1.74. The van der Waals surface area contributed by atoms with Crippen molar-refractivity contribution in [3.05, 3.63) is 54.1 Å². The molecule has 0 radical (unpaired) electrons. The molecular formula is C23H24N2O4. The smallest absolute Gasteiger partial charge is 0.231 e. The summed E-state index contributed by atoms with van der Waals surface area (Å²) in [4.78, 5) is 27.2. The van der Waals surface area contributed by atoms with Gasteiger partial charge in [-0.3, -0.25) is 9.59 Å². The van der Waals surface area contributed by atoms with Crippen LogP contribution in [0, 0.1) is 11.3 Å². The quantitative estimate of drug-likeness (QED) is 0.868. The Bertz CT molecular complexity index is 935. The summed E-state index contributed by atoms with van der Waals surface area (Å²) in [5, 5.41) is 3.02. The van der Waals surface area contributed by atoms with E-state index in [4.69, 9.17) is 9.47 Å². The molecule has 0 unspecified atom stereocenters. The van der Waals surface area contributed by atoms with Gasteiger partial charge in [0.25, 0.3) is 0 Å². The molecule has 0 bridgehead atoms. The molecule has 1 N–H and O–H groups in total. The van der Waals surface area contributed by atoms with E-state index in [2.05, 4.69) is 5.32 Å². The number of amides is 2. The van der Waals surface area contributed by atoms with Crippen LogP contribution in [0.4, 0.5) is 5.69 Å². The normalized spacial score (nSPS) is 21.1. The van der Waals surface area contributed by atoms with Gasteiger partial charge in [0.2, 0.25) is 18.6 Å². The Hall–Kier alpha value is -3.02. The highest BCUT2D eigenvalue weighted by atomic mass is 16.7. The molecule has 2 aliphatic heterocycles. The van der Waals surface area contributed by atoms with Gasteiger partial charge in [0, 0.05) is 24.7 Å². The van der Waals surface area contributed by atoms with E-state index in [9.17, 15) is 9.59 Å². The van der Waals surface area contributed by atoms with Gasteiger partial charge in [0.05, 0.1) is 6.42 Å². The van der Waals surface area contributed by atoms with Gasteiger partial charge in [-0.05, 0) is 54.5 Å². The first kappa shape index (κ1) is 18.0. The lowest BCUT2D eigenvalue weighted by atomic mass is 9.90. The van der Waals surface area contributed by atoms with Crippen LogP contribution in [0.3, 0.4) is 0 Å². The number of hydrogen-bond donors (Lipinski definition) is 1. The molecule has 0 aromatic heterocycles. The molecule has 5 rings (SSSR count). The zero-order valence-corrected chi connectivity index (χ0v) is 16.2. The summed E-state index contributed by atoms with van der Waals surface area (Å²) in [7, 11) is 0. The zero-order valence-electron chi connectivity index (χ0n) is 16.2. The summed E-state index contributed by atoms with van der Waals surface area (Å²) in [6.45, 7) is 1.68. The number of carbonyl (C=O) groups is 2. The minimum atomic E-state index is 0.0637. The van der Waals surface area contributed by atoms with Gasteiger partial charge in [0.1, 0.15) is 0 Å². The van der Waals surface area contributed by atoms with Gasteiger partial charge >= 0.3 is 0 Å². The number of piperidine rings is 1. The van der Waals surface area contributed by atoms with Crippen LogP contribution in [0.5, 0.6) is 11.5 Å². The Morgan fingerprint density at radius 1 is 1.03 bits per heavy atom. The molecule has 1 spiro atoms. The van der Waals surface area contributed by atoms with Gasteiger partial charge in [-0.15, -0.1) is 0 Å². The second-order valence-electron chi connectivity index (χ2n) is 8.22. The Morgan fingerprint density at radius 2 is 1.79 bits per heavy atom. The number of likely N-dealkylation sites (tertiary alicyclic amines) is 1. The van der Waals surface area contributed by atoms with Crippen molar-refractivity contribution < 1.29 is 19.1 Å². The van der Waals surface area contributed by atoms with Gasteiger partial charge in [-0.2, -0.15) is 0 Å². The molecule has 1 atom stereocenters. The average molecular weight is 392 g/mol. The maximum Gasteiger partial charge on any atom is 0.231 e. The second kappa shape index (κ2) is 7.10. The highest BCUT2D eigenvalue weighted by Crippen LogP contribution is 2.59. The lowest BCUT2D eigenvalue weighted by Gasteiger charge is -2.33. The topological polar surface area (TPSA) is 67.9 Å². The molecule has 150 valence electrons. The number of ether oxygens (including phenoxy) is 2. The Kier molecular flexibility index (Phi) is 4.42. The van der Waals surface area contributed by atoms with Gasteiger partial charge in [-0.25, -0.2) is 0 Å². The molecular weight excluding hydrogens is 368 g/mol. The van der Waals surface area contributed by atoms with Crippen LogP contribution >= 0.6 is 0 Å². The first-order valence-corrected chi connectivity index (χ1v) is 10.2. The van der Waals surface area contributed by atoms with E-state index >= 15 is 0 Å². The summed E-state index contributed by atoms with van der Waals surface area (Å²) < 4.78 is 10.7. The molecule has 1 saturated heterocycles. The first-order chi connectivity index (χ1) is 14.1. The molecule has 2 heterocycles. The Balaban J connectivity index is 1.14. The lowest BCUT2D eigenvalue weighted by molar-refractivity contribution is -0.132. The number of fused-ring (bicyclic) bond motifs is 1. The van der Waals surface area contributed by atoms with Gasteiger partial charge in [-0.1, -0.05) is 24.3 Å². The van der Waals surface area contributed by atoms with Gasteiger partial charge < -0.3 is 19.7 Å². The fourth-order valence-electron chi connectivity index (χ4n) is 4.56. The largest absolute Gasteiger partial charge is 0.454 e. The molecule has 6 nitrogen and oxygen atoms in total. The SMILES string of the molecule is O=C(Nc1ccccc1)[C@@H]1CC12CCN(C(=O)Cc1ccc3c(c1)OCO3)CC2. The lowest BCUT2D eigenvalue weighted by Crippen LogP contribution is -2.41. The van der Waals surface area contributed by atoms with E-state index in [-0.39, 0.29) is 29.9 Å². The maximum atomic E-state index is 12.7. The number of rotatable bonds is 4. The Morgan fingerprint density at radius 3 is 2.59 bits per heavy atom. The van der Waals surface area contributed by atoms with Crippen LogP contribution in [0.2, 0.25) is 0 Å². The van der Waals surface area contributed by atoms with Crippen molar-refractivity contribution in [1.29, 1.82) is 0 Å². The number of anilines is 1. The van der Waals surface area contributed by atoms with E-state index in [1.807, 2.05) is 53.4 Å². The van der Waals surface area contributed by atoms with Crippen molar-refractivity contribution in [3.8, 4) is 11.5 Å². The van der Waals surface area contributed by atoms with E-state index in [0.29, 0.717) is 12.2 Å². The third-order valence-corrected chi connectivity index (χ3v) is 6.45. The monoisotopic (exact) mass is 392 g/mol. The highest BCUT2D eigenvalue weighted by molar-refractivity contribution is 5.95. The summed E-state index contributed by atoms with van der Waals surface area (Å²) in [5.41, 5.74) is 1.86. The number of benzene rings is 2.